The first-order valence-corrected chi connectivity index (χ1v) is 10.2. The van der Waals surface area contributed by atoms with Crippen molar-refractivity contribution in [2.45, 2.75) is 78.8 Å². The van der Waals surface area contributed by atoms with E-state index in [1.165, 1.54) is 20.8 Å². The molecule has 1 heterocycles. The van der Waals surface area contributed by atoms with Crippen LogP contribution >= 0.6 is 0 Å². The molecule has 0 amide bonds. The van der Waals surface area contributed by atoms with Crippen molar-refractivity contribution in [1.29, 1.82) is 0 Å². The number of rotatable bonds is 3. The van der Waals surface area contributed by atoms with Gasteiger partial charge in [-0.25, -0.2) is 0 Å². The maximum Gasteiger partial charge on any atom is 0.309 e. The Bertz CT molecular complexity index is 717. The molecule has 3 rings (SSSR count). The van der Waals surface area contributed by atoms with Crippen LogP contribution in [-0.4, -0.2) is 48.3 Å². The van der Waals surface area contributed by atoms with E-state index in [0.717, 1.165) is 0 Å². The van der Waals surface area contributed by atoms with Crippen LogP contribution in [0.5, 0.6) is 0 Å². The lowest BCUT2D eigenvalue weighted by Gasteiger charge is -2.38. The number of hydrogen-bond acceptors (Lipinski definition) is 8. The van der Waals surface area contributed by atoms with Crippen LogP contribution in [0.3, 0.4) is 0 Å². The van der Waals surface area contributed by atoms with Gasteiger partial charge in [0.25, 0.3) is 0 Å². The molecular formula is C21H30O8. The zero-order chi connectivity index (χ0) is 21.7. The molecule has 162 valence electrons. The van der Waals surface area contributed by atoms with Gasteiger partial charge in [-0.3, -0.25) is 19.2 Å². The normalized spacial score (nSPS) is 43.4. The molecule has 8 nitrogen and oxygen atoms in total. The molecule has 29 heavy (non-hydrogen) atoms. The van der Waals surface area contributed by atoms with E-state index in [1.807, 2.05) is 20.8 Å². The SMILES string of the molecule is CC(=O)O[C@@H]1[C@H](OC(C)=O)[C@H](OC(C)=O)[C@]2(C)C[C@@H]3[C@H](C[C@@H](C)[C@@H]12)OC(=O)[C@H]3C. The van der Waals surface area contributed by atoms with E-state index in [9.17, 15) is 19.2 Å². The van der Waals surface area contributed by atoms with E-state index in [2.05, 4.69) is 0 Å². The van der Waals surface area contributed by atoms with Gasteiger partial charge in [0.15, 0.2) is 6.10 Å². The number of carbonyl (C=O) groups excluding carboxylic acids is 4. The van der Waals surface area contributed by atoms with Crippen LogP contribution in [0.25, 0.3) is 0 Å². The molecule has 0 aromatic rings. The molecule has 1 aliphatic heterocycles. The summed E-state index contributed by atoms with van der Waals surface area (Å²) >= 11 is 0. The minimum Gasteiger partial charge on any atom is -0.462 e. The highest BCUT2D eigenvalue weighted by molar-refractivity contribution is 5.75. The number of carbonyl (C=O) groups is 4. The van der Waals surface area contributed by atoms with E-state index in [-0.39, 0.29) is 35.7 Å². The predicted molar refractivity (Wildman–Crippen MR) is 99.2 cm³/mol. The van der Waals surface area contributed by atoms with Crippen molar-refractivity contribution in [3.05, 3.63) is 0 Å². The quantitative estimate of drug-likeness (QED) is 0.514. The fraction of sp³-hybridized carbons (Fsp3) is 0.810. The van der Waals surface area contributed by atoms with Crippen molar-refractivity contribution < 1.29 is 38.1 Å². The van der Waals surface area contributed by atoms with E-state index in [4.69, 9.17) is 18.9 Å². The summed E-state index contributed by atoms with van der Waals surface area (Å²) in [5.41, 5.74) is -0.660. The largest absolute Gasteiger partial charge is 0.462 e. The molecule has 2 saturated carbocycles. The molecule has 0 aromatic heterocycles. The van der Waals surface area contributed by atoms with Crippen LogP contribution in [0.4, 0.5) is 0 Å². The molecule has 9 atom stereocenters. The van der Waals surface area contributed by atoms with Gasteiger partial charge in [0.05, 0.1) is 5.92 Å². The Kier molecular flexibility index (Phi) is 5.66. The van der Waals surface area contributed by atoms with E-state index in [0.29, 0.717) is 12.8 Å². The number of esters is 4. The summed E-state index contributed by atoms with van der Waals surface area (Å²) in [5, 5.41) is 0. The Balaban J connectivity index is 2.09. The van der Waals surface area contributed by atoms with Gasteiger partial charge in [0.1, 0.15) is 18.3 Å². The van der Waals surface area contributed by atoms with E-state index < -0.39 is 41.6 Å². The zero-order valence-corrected chi connectivity index (χ0v) is 17.8. The average molecular weight is 410 g/mol. The van der Waals surface area contributed by atoms with Gasteiger partial charge in [-0.05, 0) is 18.8 Å². The second-order valence-electron chi connectivity index (χ2n) is 9.05. The first-order chi connectivity index (χ1) is 13.5. The zero-order valence-electron chi connectivity index (χ0n) is 17.8. The molecule has 1 saturated heterocycles. The second-order valence-corrected chi connectivity index (χ2v) is 9.05. The van der Waals surface area contributed by atoms with Crippen LogP contribution in [-0.2, 0) is 38.1 Å². The van der Waals surface area contributed by atoms with Crippen LogP contribution in [0.2, 0.25) is 0 Å². The maximum atomic E-state index is 12.2. The molecule has 0 N–H and O–H groups in total. The van der Waals surface area contributed by atoms with Crippen molar-refractivity contribution in [3.8, 4) is 0 Å². The lowest BCUT2D eigenvalue weighted by molar-refractivity contribution is -0.178. The highest BCUT2D eigenvalue weighted by Crippen LogP contribution is 2.59. The summed E-state index contributed by atoms with van der Waals surface area (Å²) in [6.07, 6.45) is -1.51. The van der Waals surface area contributed by atoms with E-state index >= 15 is 0 Å². The molecule has 0 spiro atoms. The third-order valence-electron chi connectivity index (χ3n) is 6.94. The van der Waals surface area contributed by atoms with Crippen molar-refractivity contribution in [3.63, 3.8) is 0 Å². The van der Waals surface area contributed by atoms with Gasteiger partial charge in [0.2, 0.25) is 0 Å². The molecule has 0 radical (unpaired) electrons. The van der Waals surface area contributed by atoms with Crippen LogP contribution < -0.4 is 0 Å². The maximum absolute atomic E-state index is 12.2. The summed E-state index contributed by atoms with van der Waals surface area (Å²) in [6, 6.07) is 0. The fourth-order valence-corrected chi connectivity index (χ4v) is 5.97. The summed E-state index contributed by atoms with van der Waals surface area (Å²) in [7, 11) is 0. The lowest BCUT2D eigenvalue weighted by atomic mass is 9.68. The van der Waals surface area contributed by atoms with Crippen LogP contribution in [0.15, 0.2) is 0 Å². The van der Waals surface area contributed by atoms with Crippen molar-refractivity contribution in [2.75, 3.05) is 0 Å². The number of fused-ring (bicyclic) bond motifs is 2. The highest BCUT2D eigenvalue weighted by Gasteiger charge is 2.67. The first-order valence-electron chi connectivity index (χ1n) is 10.2. The molecule has 2 aliphatic carbocycles. The number of ether oxygens (including phenoxy) is 4. The molecule has 0 unspecified atom stereocenters. The summed E-state index contributed by atoms with van der Waals surface area (Å²) in [5.74, 6) is -2.32. The third kappa shape index (κ3) is 3.73. The first kappa shape index (κ1) is 21.6. The fourth-order valence-electron chi connectivity index (χ4n) is 5.97. The topological polar surface area (TPSA) is 105 Å². The minimum atomic E-state index is -0.900. The Hall–Kier alpha value is -2.12. The minimum absolute atomic E-state index is 0.0175. The van der Waals surface area contributed by atoms with E-state index in [1.54, 1.807) is 0 Å². The lowest BCUT2D eigenvalue weighted by Crippen LogP contribution is -2.43. The van der Waals surface area contributed by atoms with Gasteiger partial charge in [0, 0.05) is 38.0 Å². The third-order valence-corrected chi connectivity index (χ3v) is 6.94. The molecule has 3 fully saturated rings. The van der Waals surface area contributed by atoms with Crippen molar-refractivity contribution in [2.24, 2.45) is 29.1 Å². The number of hydrogen-bond donors (Lipinski definition) is 0. The van der Waals surface area contributed by atoms with Gasteiger partial charge in [-0.2, -0.15) is 0 Å². The molecule has 0 aromatic carbocycles. The Morgan fingerprint density at radius 3 is 2.07 bits per heavy atom. The Morgan fingerprint density at radius 1 is 0.966 bits per heavy atom. The van der Waals surface area contributed by atoms with Gasteiger partial charge < -0.3 is 18.9 Å². The summed E-state index contributed by atoms with van der Waals surface area (Å²) in [4.78, 5) is 47.8. The second kappa shape index (κ2) is 7.61. The molecule has 0 bridgehead atoms. The monoisotopic (exact) mass is 410 g/mol. The molecule has 8 heteroatoms. The molecular weight excluding hydrogens is 380 g/mol. The standard InChI is InChI=1S/C21H30O8/c1-9-7-15-14(10(2)20(25)29-15)8-21(6)16(9)17(26-11(3)22)18(27-12(4)23)19(21)28-13(5)24/h9-10,14-19H,7-8H2,1-6H3/t9-,10+,14+,15+,16+,17+,18+,19+,21-/m1/s1. The smallest absolute Gasteiger partial charge is 0.309 e. The summed E-state index contributed by atoms with van der Waals surface area (Å²) < 4.78 is 22.5. The van der Waals surface area contributed by atoms with Crippen molar-refractivity contribution >= 4 is 23.9 Å². The van der Waals surface area contributed by atoms with Gasteiger partial charge >= 0.3 is 23.9 Å². The van der Waals surface area contributed by atoms with Crippen molar-refractivity contribution in [1.82, 2.24) is 0 Å². The average Bonchev–Trinajstić information content (AvgIpc) is 2.89. The van der Waals surface area contributed by atoms with Gasteiger partial charge in [-0.15, -0.1) is 0 Å². The summed E-state index contributed by atoms with van der Waals surface area (Å²) in [6.45, 7) is 9.72. The Morgan fingerprint density at radius 2 is 1.52 bits per heavy atom. The predicted octanol–water partition coefficient (Wildman–Crippen LogP) is 2.03. The Labute approximate surface area is 170 Å². The molecule has 3 aliphatic rings. The highest BCUT2D eigenvalue weighted by atomic mass is 16.6. The van der Waals surface area contributed by atoms with Crippen LogP contribution in [0, 0.1) is 29.1 Å². The van der Waals surface area contributed by atoms with Crippen LogP contribution in [0.1, 0.15) is 54.4 Å². The van der Waals surface area contributed by atoms with Gasteiger partial charge in [-0.1, -0.05) is 20.8 Å².